The molecule has 1 aromatic heterocycles. The molecule has 3 rings (SSSR count). The highest BCUT2D eigenvalue weighted by Gasteiger charge is 2.38. The maximum Gasteiger partial charge on any atom is 0.347 e. The third kappa shape index (κ3) is 11.0. The second-order valence-electron chi connectivity index (χ2n) is 11.5. The van der Waals surface area contributed by atoms with Crippen LogP contribution in [0.4, 0.5) is 5.69 Å². The lowest BCUT2D eigenvalue weighted by molar-refractivity contribution is -0.187. The smallest absolute Gasteiger partial charge is 0.347 e. The molecule has 286 valence electrons. The standard InChI is InChI=1S/C33H38BrN5O14/c1-15(27(42)39-14-13-38(21(7)40)33(39)37-23-9-10-24-26(25(23)34)36-12-11-35-24)49-29(44)17(3)51-31(46)19(5)53-32(47)20(6)52-30(45)18(4)50-28(43)16(2)48-22(8)41/h9-12,15-20H,13-14H2,1-8H3/b37-33+/t15-,16-,17-,18-,19-,20-/m1/s1. The first-order chi connectivity index (χ1) is 24.8. The topological polar surface area (TPSA) is 237 Å². The molecule has 0 spiro atoms. The quantitative estimate of drug-likeness (QED) is 0.207. The summed E-state index contributed by atoms with van der Waals surface area (Å²) in [5, 5.41) is 0. The van der Waals surface area contributed by atoms with Gasteiger partial charge in [-0.2, -0.15) is 0 Å². The molecule has 0 N–H and O–H groups in total. The lowest BCUT2D eigenvalue weighted by Crippen LogP contribution is -2.45. The first-order valence-electron chi connectivity index (χ1n) is 16.1. The van der Waals surface area contributed by atoms with E-state index in [-0.39, 0.29) is 25.0 Å². The summed E-state index contributed by atoms with van der Waals surface area (Å²) in [4.78, 5) is 115. The molecule has 0 aliphatic carbocycles. The average Bonchev–Trinajstić information content (AvgIpc) is 3.52. The van der Waals surface area contributed by atoms with Crippen LogP contribution >= 0.6 is 15.9 Å². The van der Waals surface area contributed by atoms with Crippen LogP contribution in [0.15, 0.2) is 34.0 Å². The Morgan fingerprint density at radius 1 is 0.623 bits per heavy atom. The van der Waals surface area contributed by atoms with Crippen molar-refractivity contribution in [2.24, 2.45) is 4.99 Å². The van der Waals surface area contributed by atoms with Crippen molar-refractivity contribution in [3.05, 3.63) is 29.0 Å². The molecule has 2 aromatic rings. The van der Waals surface area contributed by atoms with Gasteiger partial charge in [-0.1, -0.05) is 0 Å². The van der Waals surface area contributed by atoms with Gasteiger partial charge in [-0.25, -0.2) is 29.0 Å². The Kier molecular flexibility index (Phi) is 14.5. The number of benzene rings is 1. The van der Waals surface area contributed by atoms with Gasteiger partial charge in [0.2, 0.25) is 11.9 Å². The molecule has 2 heterocycles. The highest BCUT2D eigenvalue weighted by molar-refractivity contribution is 9.10. The van der Waals surface area contributed by atoms with Crippen LogP contribution < -0.4 is 0 Å². The van der Waals surface area contributed by atoms with E-state index in [0.717, 1.165) is 27.7 Å². The van der Waals surface area contributed by atoms with Crippen LogP contribution in [0.5, 0.6) is 0 Å². The zero-order valence-electron chi connectivity index (χ0n) is 30.0. The van der Waals surface area contributed by atoms with Crippen LogP contribution in [-0.4, -0.2) is 123 Å². The largest absolute Gasteiger partial charge is 0.451 e. The number of aliphatic imine (C=N–C) groups is 1. The number of ether oxygens (including phenoxy) is 6. The highest BCUT2D eigenvalue weighted by Crippen LogP contribution is 2.32. The minimum atomic E-state index is -1.58. The number of hydrogen-bond donors (Lipinski definition) is 0. The summed E-state index contributed by atoms with van der Waals surface area (Å²) in [5.41, 5.74) is 1.45. The fourth-order valence-corrected chi connectivity index (χ4v) is 5.00. The number of hydrogen-bond acceptors (Lipinski definition) is 17. The van der Waals surface area contributed by atoms with Gasteiger partial charge in [0.1, 0.15) is 5.52 Å². The molecular weight excluding hydrogens is 770 g/mol. The van der Waals surface area contributed by atoms with Crippen LogP contribution in [-0.2, 0) is 66.8 Å². The van der Waals surface area contributed by atoms with E-state index in [0.29, 0.717) is 21.2 Å². The van der Waals surface area contributed by atoms with Crippen LogP contribution in [0.3, 0.4) is 0 Å². The maximum atomic E-state index is 13.5. The Morgan fingerprint density at radius 2 is 1.04 bits per heavy atom. The summed E-state index contributed by atoms with van der Waals surface area (Å²) in [6.45, 7) is 9.68. The first kappa shape index (κ1) is 41.9. The number of nitrogens with zero attached hydrogens (tertiary/aromatic N) is 5. The predicted octanol–water partition coefficient (Wildman–Crippen LogP) is 1.68. The molecule has 0 saturated carbocycles. The zero-order valence-corrected chi connectivity index (χ0v) is 31.6. The number of aromatic nitrogens is 2. The Balaban J connectivity index is 1.56. The van der Waals surface area contributed by atoms with Gasteiger partial charge in [0.05, 0.1) is 15.7 Å². The molecule has 1 aromatic carbocycles. The first-order valence-corrected chi connectivity index (χ1v) is 16.9. The fraction of sp³-hybridized carbons (Fsp3) is 0.485. The minimum Gasteiger partial charge on any atom is -0.451 e. The molecule has 0 bridgehead atoms. The normalized spacial score (nSPS) is 16.7. The Morgan fingerprint density at radius 3 is 1.49 bits per heavy atom. The summed E-state index contributed by atoms with van der Waals surface area (Å²) in [6, 6.07) is 3.31. The highest BCUT2D eigenvalue weighted by atomic mass is 79.9. The Hall–Kier alpha value is -5.53. The number of halogens is 1. The SMILES string of the molecule is CC(=O)O[C@H](C)C(=O)O[C@H](C)C(=O)O[C@H](C)C(=O)O[C@H](C)C(=O)O[C@H](C)C(=O)O[C@H](C)C(=O)N1CCN(C(C)=O)/C1=N\c1ccc2nccnc2c1Br. The van der Waals surface area contributed by atoms with E-state index < -0.39 is 78.3 Å². The maximum absolute atomic E-state index is 13.5. The van der Waals surface area contributed by atoms with Gasteiger partial charge in [-0.3, -0.25) is 34.2 Å². The van der Waals surface area contributed by atoms with E-state index in [1.54, 1.807) is 12.1 Å². The molecule has 20 heteroatoms. The number of carbonyl (C=O) groups is 8. The van der Waals surface area contributed by atoms with E-state index in [1.807, 2.05) is 0 Å². The van der Waals surface area contributed by atoms with Crippen molar-refractivity contribution < 1.29 is 66.8 Å². The molecule has 1 fully saturated rings. The summed E-state index contributed by atoms with van der Waals surface area (Å²) < 4.78 is 30.2. The lowest BCUT2D eigenvalue weighted by atomic mass is 10.2. The summed E-state index contributed by atoms with van der Waals surface area (Å²) >= 11 is 3.46. The van der Waals surface area contributed by atoms with Crippen molar-refractivity contribution in [1.82, 2.24) is 19.8 Å². The fourth-order valence-electron chi connectivity index (χ4n) is 4.47. The van der Waals surface area contributed by atoms with E-state index in [2.05, 4.69) is 35.6 Å². The van der Waals surface area contributed by atoms with Crippen molar-refractivity contribution in [3.63, 3.8) is 0 Å². The number of guanidine groups is 1. The molecule has 0 unspecified atom stereocenters. The van der Waals surface area contributed by atoms with Gasteiger partial charge < -0.3 is 28.4 Å². The second-order valence-corrected chi connectivity index (χ2v) is 12.3. The van der Waals surface area contributed by atoms with E-state index in [4.69, 9.17) is 23.7 Å². The zero-order chi connectivity index (χ0) is 39.7. The van der Waals surface area contributed by atoms with Crippen LogP contribution in [0, 0.1) is 0 Å². The second kappa shape index (κ2) is 18.3. The van der Waals surface area contributed by atoms with Crippen molar-refractivity contribution >= 4 is 86.2 Å². The predicted molar refractivity (Wildman–Crippen MR) is 182 cm³/mol. The summed E-state index contributed by atoms with van der Waals surface area (Å²) in [5.74, 6) is -7.46. The van der Waals surface area contributed by atoms with Gasteiger partial charge in [0.15, 0.2) is 36.6 Å². The molecule has 0 radical (unpaired) electrons. The van der Waals surface area contributed by atoms with Crippen molar-refractivity contribution in [2.75, 3.05) is 13.1 Å². The van der Waals surface area contributed by atoms with Gasteiger partial charge in [0.25, 0.3) is 5.91 Å². The monoisotopic (exact) mass is 807 g/mol. The molecule has 1 saturated heterocycles. The third-order valence-corrected chi connectivity index (χ3v) is 8.05. The van der Waals surface area contributed by atoms with Crippen LogP contribution in [0.1, 0.15) is 55.4 Å². The molecule has 1 aliphatic rings. The molecule has 6 atom stereocenters. The molecule has 2 amide bonds. The Bertz CT molecular complexity index is 1820. The number of carbonyl (C=O) groups excluding carboxylic acids is 8. The third-order valence-electron chi connectivity index (χ3n) is 7.27. The Labute approximate surface area is 311 Å². The molecule has 53 heavy (non-hydrogen) atoms. The summed E-state index contributed by atoms with van der Waals surface area (Å²) in [7, 11) is 0. The van der Waals surface area contributed by atoms with Gasteiger partial charge in [-0.15, -0.1) is 0 Å². The number of esters is 6. The lowest BCUT2D eigenvalue weighted by Gasteiger charge is -2.24. The van der Waals surface area contributed by atoms with E-state index in [9.17, 15) is 38.4 Å². The number of fused-ring (bicyclic) bond motifs is 1. The number of rotatable bonds is 13. The van der Waals surface area contributed by atoms with Gasteiger partial charge in [-0.05, 0) is 69.6 Å². The van der Waals surface area contributed by atoms with Crippen molar-refractivity contribution in [2.45, 2.75) is 92.0 Å². The molecular formula is C33H38BrN5O14. The molecule has 1 aliphatic heterocycles. The minimum absolute atomic E-state index is 0.00583. The van der Waals surface area contributed by atoms with Gasteiger partial charge >= 0.3 is 35.8 Å². The van der Waals surface area contributed by atoms with E-state index >= 15 is 0 Å². The summed E-state index contributed by atoms with van der Waals surface area (Å²) in [6.07, 6.45) is -5.87. The van der Waals surface area contributed by atoms with Crippen molar-refractivity contribution in [3.8, 4) is 0 Å². The van der Waals surface area contributed by atoms with E-state index in [1.165, 1.54) is 49.9 Å². The molecule has 19 nitrogen and oxygen atoms in total. The van der Waals surface area contributed by atoms with Crippen LogP contribution in [0.2, 0.25) is 0 Å². The number of amides is 2. The van der Waals surface area contributed by atoms with Crippen LogP contribution in [0.25, 0.3) is 11.0 Å². The van der Waals surface area contributed by atoms with Crippen molar-refractivity contribution in [1.29, 1.82) is 0 Å². The van der Waals surface area contributed by atoms with Gasteiger partial charge in [0, 0.05) is 39.3 Å². The average molecular weight is 809 g/mol.